The Morgan fingerprint density at radius 3 is 2.05 bits per heavy atom. The molecule has 1 unspecified atom stereocenters. The number of hydrogen-bond donors (Lipinski definition) is 1. The Bertz CT molecular complexity index is 610. The van der Waals surface area contributed by atoms with Gasteiger partial charge in [-0.25, -0.2) is 0 Å². The molecule has 2 rings (SSSR count). The van der Waals surface area contributed by atoms with Gasteiger partial charge in [0.1, 0.15) is 0 Å². The van der Waals surface area contributed by atoms with Crippen LogP contribution in [0.4, 0.5) is 5.69 Å². The van der Waals surface area contributed by atoms with E-state index in [0.29, 0.717) is 5.56 Å². The highest BCUT2D eigenvalue weighted by atomic mass is 16.4. The normalized spacial score (nSPS) is 11.7. The molecule has 0 bridgehead atoms. The summed E-state index contributed by atoms with van der Waals surface area (Å²) in [6.07, 6.45) is -0.0647. The summed E-state index contributed by atoms with van der Waals surface area (Å²) in [6.45, 7) is 0. The molecule has 0 saturated carbocycles. The number of carbonyl (C=O) groups is 2. The number of amides is 1. The van der Waals surface area contributed by atoms with Crippen molar-refractivity contribution in [1.29, 1.82) is 0 Å². The summed E-state index contributed by atoms with van der Waals surface area (Å²) in [5, 5.41) is 9.36. The number of rotatable bonds is 5. The Morgan fingerprint density at radius 2 is 1.52 bits per heavy atom. The second-order valence-electron chi connectivity index (χ2n) is 4.79. The van der Waals surface area contributed by atoms with Gasteiger partial charge in [-0.3, -0.25) is 9.59 Å². The third-order valence-electron chi connectivity index (χ3n) is 3.40. The van der Waals surface area contributed by atoms with Crippen LogP contribution in [0.5, 0.6) is 0 Å². The van der Waals surface area contributed by atoms with Crippen molar-refractivity contribution in [3.05, 3.63) is 66.2 Å². The number of benzene rings is 2. The van der Waals surface area contributed by atoms with Crippen LogP contribution in [0.3, 0.4) is 0 Å². The molecule has 0 aliphatic rings. The van der Waals surface area contributed by atoms with E-state index in [1.165, 1.54) is 4.90 Å². The fourth-order valence-corrected chi connectivity index (χ4v) is 2.14. The van der Waals surface area contributed by atoms with Gasteiger partial charge >= 0.3 is 5.97 Å². The maximum atomic E-state index is 12.3. The molecule has 108 valence electrons. The predicted molar refractivity (Wildman–Crippen MR) is 81.3 cm³/mol. The maximum Gasteiger partial charge on any atom is 0.311 e. The quantitative estimate of drug-likeness (QED) is 0.918. The van der Waals surface area contributed by atoms with Gasteiger partial charge in [-0.15, -0.1) is 0 Å². The molecule has 1 amide bonds. The van der Waals surface area contributed by atoms with Crippen molar-refractivity contribution in [2.45, 2.75) is 12.3 Å². The molecule has 1 N–H and O–H groups in total. The number of hydrogen-bond acceptors (Lipinski definition) is 2. The van der Waals surface area contributed by atoms with Crippen LogP contribution in [0, 0.1) is 0 Å². The lowest BCUT2D eigenvalue weighted by atomic mass is 9.95. The Hall–Kier alpha value is -2.62. The Balaban J connectivity index is 2.14. The minimum atomic E-state index is -0.990. The van der Waals surface area contributed by atoms with E-state index in [4.69, 9.17) is 0 Å². The van der Waals surface area contributed by atoms with Crippen molar-refractivity contribution in [3.8, 4) is 0 Å². The number of nitrogens with zero attached hydrogens (tertiary/aromatic N) is 1. The Kier molecular flexibility index (Phi) is 4.72. The molecule has 4 heteroatoms. The van der Waals surface area contributed by atoms with Crippen molar-refractivity contribution < 1.29 is 14.7 Å². The first-order valence-electron chi connectivity index (χ1n) is 6.69. The van der Waals surface area contributed by atoms with E-state index in [1.807, 2.05) is 36.4 Å². The van der Waals surface area contributed by atoms with E-state index in [2.05, 4.69) is 0 Å². The molecule has 0 saturated heterocycles. The number of para-hydroxylation sites is 1. The highest BCUT2D eigenvalue weighted by Gasteiger charge is 2.25. The topological polar surface area (TPSA) is 57.6 Å². The van der Waals surface area contributed by atoms with Gasteiger partial charge in [0.25, 0.3) is 0 Å². The monoisotopic (exact) mass is 283 g/mol. The summed E-state index contributed by atoms with van der Waals surface area (Å²) in [4.78, 5) is 25.2. The SMILES string of the molecule is CN(C(=O)CC(C(=O)O)c1ccccc1)c1ccccc1. The Morgan fingerprint density at radius 1 is 1.00 bits per heavy atom. The minimum absolute atomic E-state index is 0.0647. The lowest BCUT2D eigenvalue weighted by Crippen LogP contribution is -2.29. The number of anilines is 1. The fraction of sp³-hybridized carbons (Fsp3) is 0.176. The second-order valence-corrected chi connectivity index (χ2v) is 4.79. The largest absolute Gasteiger partial charge is 0.481 e. The summed E-state index contributed by atoms with van der Waals surface area (Å²) in [7, 11) is 1.65. The van der Waals surface area contributed by atoms with E-state index in [9.17, 15) is 14.7 Å². The molecule has 0 heterocycles. The van der Waals surface area contributed by atoms with Crippen LogP contribution in [0.2, 0.25) is 0 Å². The zero-order valence-corrected chi connectivity index (χ0v) is 11.8. The standard InChI is InChI=1S/C17H17NO3/c1-18(14-10-6-3-7-11-14)16(19)12-15(17(20)21)13-8-4-2-5-9-13/h2-11,15H,12H2,1H3,(H,20,21). The lowest BCUT2D eigenvalue weighted by Gasteiger charge is -2.20. The van der Waals surface area contributed by atoms with Gasteiger partial charge in [0.2, 0.25) is 5.91 Å². The Labute approximate surface area is 123 Å². The fourth-order valence-electron chi connectivity index (χ4n) is 2.14. The van der Waals surface area contributed by atoms with E-state index < -0.39 is 11.9 Å². The van der Waals surface area contributed by atoms with Crippen LogP contribution in [-0.4, -0.2) is 24.0 Å². The van der Waals surface area contributed by atoms with Crippen LogP contribution < -0.4 is 4.90 Å². The highest BCUT2D eigenvalue weighted by Crippen LogP contribution is 2.22. The zero-order chi connectivity index (χ0) is 15.2. The van der Waals surface area contributed by atoms with Gasteiger partial charge in [-0.2, -0.15) is 0 Å². The van der Waals surface area contributed by atoms with Crippen LogP contribution >= 0.6 is 0 Å². The first kappa shape index (κ1) is 14.8. The lowest BCUT2D eigenvalue weighted by molar-refractivity contribution is -0.140. The summed E-state index contributed by atoms with van der Waals surface area (Å²) in [5.74, 6) is -2.04. The molecule has 0 aliphatic heterocycles. The average molecular weight is 283 g/mol. The van der Waals surface area contributed by atoms with Crippen molar-refractivity contribution in [2.75, 3.05) is 11.9 Å². The third kappa shape index (κ3) is 3.69. The summed E-state index contributed by atoms with van der Waals surface area (Å²) >= 11 is 0. The van der Waals surface area contributed by atoms with Gasteiger partial charge in [-0.1, -0.05) is 48.5 Å². The highest BCUT2D eigenvalue weighted by molar-refractivity contribution is 5.96. The summed E-state index contributed by atoms with van der Waals surface area (Å²) in [6, 6.07) is 18.0. The van der Waals surface area contributed by atoms with E-state index in [-0.39, 0.29) is 12.3 Å². The molecule has 1 atom stereocenters. The molecule has 0 aliphatic carbocycles. The van der Waals surface area contributed by atoms with Crippen molar-refractivity contribution in [2.24, 2.45) is 0 Å². The molecule has 0 spiro atoms. The smallest absolute Gasteiger partial charge is 0.311 e. The van der Waals surface area contributed by atoms with Gasteiger partial charge in [-0.05, 0) is 17.7 Å². The molecule has 0 aromatic heterocycles. The molecular formula is C17H17NO3. The predicted octanol–water partition coefficient (Wildman–Crippen LogP) is 2.91. The molecule has 0 radical (unpaired) electrons. The van der Waals surface area contributed by atoms with Crippen molar-refractivity contribution in [3.63, 3.8) is 0 Å². The van der Waals surface area contributed by atoms with Gasteiger partial charge in [0.05, 0.1) is 5.92 Å². The van der Waals surface area contributed by atoms with Crippen LogP contribution in [0.15, 0.2) is 60.7 Å². The molecular weight excluding hydrogens is 266 g/mol. The van der Waals surface area contributed by atoms with Crippen LogP contribution in [0.25, 0.3) is 0 Å². The number of carboxylic acid groups (broad SMARTS) is 1. The third-order valence-corrected chi connectivity index (χ3v) is 3.40. The summed E-state index contributed by atoms with van der Waals surface area (Å²) < 4.78 is 0. The van der Waals surface area contributed by atoms with Gasteiger partial charge in [0.15, 0.2) is 0 Å². The average Bonchev–Trinajstić information content (AvgIpc) is 2.53. The second kappa shape index (κ2) is 6.70. The number of carboxylic acids is 1. The van der Waals surface area contributed by atoms with Crippen molar-refractivity contribution >= 4 is 17.6 Å². The van der Waals surface area contributed by atoms with Gasteiger partial charge < -0.3 is 10.0 Å². The van der Waals surface area contributed by atoms with Crippen molar-refractivity contribution in [1.82, 2.24) is 0 Å². The van der Waals surface area contributed by atoms with E-state index >= 15 is 0 Å². The van der Waals surface area contributed by atoms with Crippen LogP contribution in [-0.2, 0) is 9.59 Å². The molecule has 2 aromatic rings. The van der Waals surface area contributed by atoms with Crippen LogP contribution in [0.1, 0.15) is 17.9 Å². The van der Waals surface area contributed by atoms with Gasteiger partial charge in [0, 0.05) is 19.2 Å². The number of aliphatic carboxylic acids is 1. The molecule has 0 fully saturated rings. The minimum Gasteiger partial charge on any atom is -0.481 e. The molecule has 4 nitrogen and oxygen atoms in total. The maximum absolute atomic E-state index is 12.3. The molecule has 21 heavy (non-hydrogen) atoms. The number of carbonyl (C=O) groups excluding carboxylic acids is 1. The summed E-state index contributed by atoms with van der Waals surface area (Å²) in [5.41, 5.74) is 1.39. The first-order valence-corrected chi connectivity index (χ1v) is 6.69. The van der Waals surface area contributed by atoms with E-state index in [0.717, 1.165) is 5.69 Å². The first-order chi connectivity index (χ1) is 10.1. The molecule has 2 aromatic carbocycles. The zero-order valence-electron chi connectivity index (χ0n) is 11.8. The van der Waals surface area contributed by atoms with E-state index in [1.54, 1.807) is 31.3 Å².